The zero-order chi connectivity index (χ0) is 14.7. The molecule has 5 nitrogen and oxygen atoms in total. The highest BCUT2D eigenvalue weighted by Gasteiger charge is 2.27. The van der Waals surface area contributed by atoms with Crippen molar-refractivity contribution in [3.05, 3.63) is 22.9 Å². The maximum absolute atomic E-state index is 11.6. The standard InChI is InChI=1S/C15H23N3O2/c1-9-8-10(2)18-15(13(9)14(16)19)20-12-7-5-4-6-11(12)17-3/h8,11-12,17H,4-7H2,1-3H3,(H2,16,19). The van der Waals surface area contributed by atoms with E-state index >= 15 is 0 Å². The molecule has 0 bridgehead atoms. The van der Waals surface area contributed by atoms with Crippen LogP contribution in [0.1, 0.15) is 47.3 Å². The summed E-state index contributed by atoms with van der Waals surface area (Å²) < 4.78 is 6.04. The van der Waals surface area contributed by atoms with Crippen molar-refractivity contribution in [2.45, 2.75) is 51.7 Å². The Morgan fingerprint density at radius 1 is 1.40 bits per heavy atom. The van der Waals surface area contributed by atoms with Crippen LogP contribution < -0.4 is 15.8 Å². The molecule has 0 radical (unpaired) electrons. The van der Waals surface area contributed by atoms with Crippen molar-refractivity contribution < 1.29 is 9.53 Å². The van der Waals surface area contributed by atoms with Crippen LogP contribution in [-0.2, 0) is 0 Å². The Balaban J connectivity index is 2.30. The second kappa shape index (κ2) is 6.22. The van der Waals surface area contributed by atoms with Crippen molar-refractivity contribution in [3.63, 3.8) is 0 Å². The summed E-state index contributed by atoms with van der Waals surface area (Å²) >= 11 is 0. The highest BCUT2D eigenvalue weighted by Crippen LogP contribution is 2.26. The van der Waals surface area contributed by atoms with Crippen molar-refractivity contribution in [1.29, 1.82) is 0 Å². The summed E-state index contributed by atoms with van der Waals surface area (Å²) in [7, 11) is 1.94. The van der Waals surface area contributed by atoms with Crippen LogP contribution in [0.4, 0.5) is 0 Å². The molecule has 0 aliphatic heterocycles. The summed E-state index contributed by atoms with van der Waals surface area (Å²) in [5.41, 5.74) is 7.51. The lowest BCUT2D eigenvalue weighted by Crippen LogP contribution is -2.43. The van der Waals surface area contributed by atoms with Gasteiger partial charge in [0.2, 0.25) is 5.88 Å². The van der Waals surface area contributed by atoms with E-state index in [4.69, 9.17) is 10.5 Å². The lowest BCUT2D eigenvalue weighted by molar-refractivity contribution is 0.0958. The van der Waals surface area contributed by atoms with Crippen molar-refractivity contribution in [3.8, 4) is 5.88 Å². The van der Waals surface area contributed by atoms with Gasteiger partial charge in [-0.15, -0.1) is 0 Å². The third-order valence-corrected chi connectivity index (χ3v) is 3.89. The Labute approximate surface area is 119 Å². The van der Waals surface area contributed by atoms with E-state index in [0.717, 1.165) is 30.5 Å². The van der Waals surface area contributed by atoms with Gasteiger partial charge in [-0.1, -0.05) is 6.42 Å². The number of ether oxygens (including phenoxy) is 1. The molecule has 1 heterocycles. The van der Waals surface area contributed by atoms with Crippen LogP contribution in [0.2, 0.25) is 0 Å². The number of nitrogens with two attached hydrogens (primary N) is 1. The molecule has 0 spiro atoms. The van der Waals surface area contributed by atoms with Crippen molar-refractivity contribution in [1.82, 2.24) is 10.3 Å². The van der Waals surface area contributed by atoms with Gasteiger partial charge in [0, 0.05) is 11.7 Å². The van der Waals surface area contributed by atoms with Gasteiger partial charge in [-0.3, -0.25) is 4.79 Å². The van der Waals surface area contributed by atoms with Crippen LogP contribution in [-0.4, -0.2) is 30.1 Å². The summed E-state index contributed by atoms with van der Waals surface area (Å²) in [6.45, 7) is 3.75. The van der Waals surface area contributed by atoms with Gasteiger partial charge in [0.05, 0.1) is 0 Å². The Kier molecular flexibility index (Phi) is 4.60. The van der Waals surface area contributed by atoms with E-state index in [-0.39, 0.29) is 6.10 Å². The van der Waals surface area contributed by atoms with E-state index in [1.807, 2.05) is 27.0 Å². The number of hydrogen-bond acceptors (Lipinski definition) is 4. The molecule has 5 heteroatoms. The largest absolute Gasteiger partial charge is 0.472 e. The van der Waals surface area contributed by atoms with Gasteiger partial charge in [-0.2, -0.15) is 0 Å². The maximum Gasteiger partial charge on any atom is 0.254 e. The summed E-state index contributed by atoms with van der Waals surface area (Å²) in [6.07, 6.45) is 4.44. The van der Waals surface area contributed by atoms with Crippen LogP contribution in [0.15, 0.2) is 6.07 Å². The number of likely N-dealkylation sites (N-methyl/N-ethyl adjacent to an activating group) is 1. The van der Waals surface area contributed by atoms with Gasteiger partial charge in [-0.25, -0.2) is 4.98 Å². The average molecular weight is 277 g/mol. The summed E-state index contributed by atoms with van der Waals surface area (Å²) in [5.74, 6) is -0.107. The lowest BCUT2D eigenvalue weighted by Gasteiger charge is -2.31. The van der Waals surface area contributed by atoms with Gasteiger partial charge in [0.15, 0.2) is 0 Å². The molecule has 1 aliphatic carbocycles. The van der Waals surface area contributed by atoms with E-state index in [2.05, 4.69) is 10.3 Å². The molecular weight excluding hydrogens is 254 g/mol. The summed E-state index contributed by atoms with van der Waals surface area (Å²) in [5, 5.41) is 3.28. The van der Waals surface area contributed by atoms with Gasteiger partial charge in [0.25, 0.3) is 5.91 Å². The van der Waals surface area contributed by atoms with Gasteiger partial charge < -0.3 is 15.8 Å². The fourth-order valence-corrected chi connectivity index (χ4v) is 2.90. The minimum absolute atomic E-state index is 0.0422. The van der Waals surface area contributed by atoms with E-state index in [0.29, 0.717) is 17.5 Å². The number of rotatable bonds is 4. The van der Waals surface area contributed by atoms with Crippen LogP contribution in [0.5, 0.6) is 5.88 Å². The number of carbonyl (C=O) groups excluding carboxylic acids is 1. The molecular formula is C15H23N3O2. The number of nitrogens with zero attached hydrogens (tertiary/aromatic N) is 1. The van der Waals surface area contributed by atoms with Crippen molar-refractivity contribution >= 4 is 5.91 Å². The lowest BCUT2D eigenvalue weighted by atomic mass is 9.92. The molecule has 0 saturated heterocycles. The third kappa shape index (κ3) is 3.10. The second-order valence-corrected chi connectivity index (χ2v) is 5.46. The monoisotopic (exact) mass is 277 g/mol. The number of nitrogens with one attached hydrogen (secondary N) is 1. The summed E-state index contributed by atoms with van der Waals surface area (Å²) in [4.78, 5) is 16.0. The number of amides is 1. The number of pyridine rings is 1. The highest BCUT2D eigenvalue weighted by atomic mass is 16.5. The smallest absolute Gasteiger partial charge is 0.254 e. The molecule has 2 rings (SSSR count). The van der Waals surface area contributed by atoms with Crippen LogP contribution in [0.25, 0.3) is 0 Å². The zero-order valence-corrected chi connectivity index (χ0v) is 12.4. The molecule has 1 aliphatic rings. The molecule has 110 valence electrons. The Morgan fingerprint density at radius 2 is 2.10 bits per heavy atom. The normalized spacial score (nSPS) is 22.6. The van der Waals surface area contributed by atoms with Gasteiger partial charge >= 0.3 is 0 Å². The first-order chi connectivity index (χ1) is 9.52. The first-order valence-electron chi connectivity index (χ1n) is 7.15. The number of aryl methyl sites for hydroxylation is 2. The highest BCUT2D eigenvalue weighted by molar-refractivity contribution is 5.96. The third-order valence-electron chi connectivity index (χ3n) is 3.89. The number of hydrogen-bond donors (Lipinski definition) is 2. The molecule has 20 heavy (non-hydrogen) atoms. The molecule has 0 aromatic carbocycles. The molecule has 1 amide bonds. The molecule has 1 saturated carbocycles. The van der Waals surface area contributed by atoms with E-state index in [1.165, 1.54) is 6.42 Å². The molecule has 3 N–H and O–H groups in total. The van der Waals surface area contributed by atoms with Crippen LogP contribution in [0, 0.1) is 13.8 Å². The number of carbonyl (C=O) groups is 1. The van der Waals surface area contributed by atoms with E-state index in [9.17, 15) is 4.79 Å². The van der Waals surface area contributed by atoms with Crippen LogP contribution >= 0.6 is 0 Å². The van der Waals surface area contributed by atoms with E-state index < -0.39 is 5.91 Å². The molecule has 2 atom stereocenters. The average Bonchev–Trinajstić information content (AvgIpc) is 2.38. The summed E-state index contributed by atoms with van der Waals surface area (Å²) in [6, 6.07) is 2.15. The quantitative estimate of drug-likeness (QED) is 0.878. The predicted molar refractivity (Wildman–Crippen MR) is 78.0 cm³/mol. The van der Waals surface area contributed by atoms with Crippen molar-refractivity contribution in [2.24, 2.45) is 5.73 Å². The topological polar surface area (TPSA) is 77.2 Å². The second-order valence-electron chi connectivity index (χ2n) is 5.46. The SMILES string of the molecule is CNC1CCCCC1Oc1nc(C)cc(C)c1C(N)=O. The maximum atomic E-state index is 11.6. The minimum atomic E-state index is -0.484. The predicted octanol–water partition coefficient (Wildman–Crippen LogP) is 1.71. The van der Waals surface area contributed by atoms with Crippen molar-refractivity contribution in [2.75, 3.05) is 7.05 Å². The molecule has 1 aromatic heterocycles. The molecule has 1 aromatic rings. The van der Waals surface area contributed by atoms with Gasteiger partial charge in [-0.05, 0) is 51.8 Å². The Hall–Kier alpha value is -1.62. The molecule has 1 fully saturated rings. The minimum Gasteiger partial charge on any atom is -0.472 e. The fraction of sp³-hybridized carbons (Fsp3) is 0.600. The number of primary amides is 1. The van der Waals surface area contributed by atoms with E-state index in [1.54, 1.807) is 0 Å². The Morgan fingerprint density at radius 3 is 2.75 bits per heavy atom. The number of aromatic nitrogens is 1. The fourth-order valence-electron chi connectivity index (χ4n) is 2.90. The first-order valence-corrected chi connectivity index (χ1v) is 7.15. The first kappa shape index (κ1) is 14.8. The van der Waals surface area contributed by atoms with Gasteiger partial charge in [0.1, 0.15) is 11.7 Å². The van der Waals surface area contributed by atoms with Crippen LogP contribution in [0.3, 0.4) is 0 Å². The zero-order valence-electron chi connectivity index (χ0n) is 12.4. The molecule has 2 unspecified atom stereocenters. The Bertz CT molecular complexity index is 502.